The zero-order valence-electron chi connectivity index (χ0n) is 21.4. The maximum Gasteiger partial charge on any atom is 0.410 e. The van der Waals surface area contributed by atoms with E-state index in [0.717, 1.165) is 25.7 Å². The molecule has 3 aromatic rings. The first-order valence-corrected chi connectivity index (χ1v) is 13.2. The molecule has 6 rings (SSSR count). The number of benzene rings is 1. The molecule has 12 heteroatoms. The topological polar surface area (TPSA) is 106 Å². The summed E-state index contributed by atoms with van der Waals surface area (Å²) in [5.41, 5.74) is 0.582. The van der Waals surface area contributed by atoms with E-state index in [1.807, 2.05) is 20.8 Å². The fourth-order valence-corrected chi connectivity index (χ4v) is 5.26. The van der Waals surface area contributed by atoms with E-state index in [0.29, 0.717) is 41.6 Å². The Morgan fingerprint density at radius 3 is 2.66 bits per heavy atom. The second-order valence-corrected chi connectivity index (χ2v) is 11.4. The molecule has 2 bridgehead atoms. The number of fused-ring (bicyclic) bond motifs is 3. The number of rotatable bonds is 5. The first kappa shape index (κ1) is 24.8. The maximum atomic E-state index is 15.2. The molecule has 2 atom stereocenters. The molecule has 1 aliphatic carbocycles. The van der Waals surface area contributed by atoms with Crippen molar-refractivity contribution >= 4 is 46.2 Å². The first-order valence-electron chi connectivity index (χ1n) is 12.8. The summed E-state index contributed by atoms with van der Waals surface area (Å²) in [6, 6.07) is 3.34. The number of piperazine rings is 1. The van der Waals surface area contributed by atoms with Crippen LogP contribution in [0.1, 0.15) is 46.5 Å². The standard InChI is InChI=1S/C26H29ClFN7O3/c1-26(2,3)38-25(36)35-12-14-9-15(35)11-34(14)24-29-10-18-22(33-24)23(31-13-30-18)32-17-7-8-19(20(27)21(17)28)37-16-5-4-6-16/h7-8,10,13-16H,4-6,9,11-12H2,1-3H3,(H,30,31,32)/t14-,15-/m0/s1. The highest BCUT2D eigenvalue weighted by Crippen LogP contribution is 2.38. The summed E-state index contributed by atoms with van der Waals surface area (Å²) in [6.07, 6.45) is 6.61. The highest BCUT2D eigenvalue weighted by atomic mass is 35.5. The fraction of sp³-hybridized carbons (Fsp3) is 0.500. The summed E-state index contributed by atoms with van der Waals surface area (Å²) in [6.45, 7) is 6.72. The molecule has 1 N–H and O–H groups in total. The van der Waals surface area contributed by atoms with Gasteiger partial charge >= 0.3 is 6.09 Å². The summed E-state index contributed by atoms with van der Waals surface area (Å²) in [5, 5.41) is 2.94. The number of nitrogens with zero attached hydrogens (tertiary/aromatic N) is 6. The van der Waals surface area contributed by atoms with E-state index in [9.17, 15) is 4.79 Å². The minimum Gasteiger partial charge on any atom is -0.489 e. The van der Waals surface area contributed by atoms with Gasteiger partial charge in [-0.1, -0.05) is 11.6 Å². The maximum absolute atomic E-state index is 15.2. The first-order chi connectivity index (χ1) is 18.2. The van der Waals surface area contributed by atoms with Crippen LogP contribution in [-0.2, 0) is 4.74 Å². The van der Waals surface area contributed by atoms with Gasteiger partial charge in [0.2, 0.25) is 5.95 Å². The Bertz CT molecular complexity index is 1400. The third kappa shape index (κ3) is 4.63. The van der Waals surface area contributed by atoms with Gasteiger partial charge in [0.1, 0.15) is 33.7 Å². The van der Waals surface area contributed by atoms with Gasteiger partial charge in [0.05, 0.1) is 30.1 Å². The van der Waals surface area contributed by atoms with Crippen LogP contribution in [0, 0.1) is 5.82 Å². The van der Waals surface area contributed by atoms with Crippen molar-refractivity contribution in [3.05, 3.63) is 35.5 Å². The quantitative estimate of drug-likeness (QED) is 0.473. The Balaban J connectivity index is 1.22. The molecule has 200 valence electrons. The highest BCUT2D eigenvalue weighted by Gasteiger charge is 2.47. The van der Waals surface area contributed by atoms with Gasteiger partial charge in [-0.3, -0.25) is 0 Å². The Morgan fingerprint density at radius 2 is 1.97 bits per heavy atom. The van der Waals surface area contributed by atoms with E-state index in [1.54, 1.807) is 23.2 Å². The summed E-state index contributed by atoms with van der Waals surface area (Å²) in [4.78, 5) is 34.3. The second-order valence-electron chi connectivity index (χ2n) is 11.0. The van der Waals surface area contributed by atoms with E-state index in [-0.39, 0.29) is 35.0 Å². The monoisotopic (exact) mass is 541 g/mol. The van der Waals surface area contributed by atoms with Crippen LogP contribution in [-0.4, -0.2) is 67.8 Å². The Kier molecular flexibility index (Phi) is 6.13. The lowest BCUT2D eigenvalue weighted by Crippen LogP contribution is -2.50. The molecule has 0 unspecified atom stereocenters. The summed E-state index contributed by atoms with van der Waals surface area (Å²) in [7, 11) is 0. The van der Waals surface area contributed by atoms with Gasteiger partial charge in [0.15, 0.2) is 11.6 Å². The third-order valence-electron chi connectivity index (χ3n) is 7.14. The van der Waals surface area contributed by atoms with E-state index in [1.165, 1.54) is 6.33 Å². The minimum atomic E-state index is -0.622. The molecule has 38 heavy (non-hydrogen) atoms. The van der Waals surface area contributed by atoms with Gasteiger partial charge in [-0.2, -0.15) is 0 Å². The molecule has 10 nitrogen and oxygen atoms in total. The molecule has 0 radical (unpaired) electrons. The molecule has 2 aliphatic heterocycles. The Labute approximate surface area is 224 Å². The number of ether oxygens (including phenoxy) is 2. The SMILES string of the molecule is CC(C)(C)OC(=O)N1C[C@@H]2C[C@H]1CN2c1ncc2ncnc(Nc3ccc(OC4CCC4)c(Cl)c3F)c2n1. The van der Waals surface area contributed by atoms with Crippen molar-refractivity contribution in [2.75, 3.05) is 23.3 Å². The van der Waals surface area contributed by atoms with Gasteiger partial charge < -0.3 is 24.6 Å². The van der Waals surface area contributed by atoms with E-state index in [2.05, 4.69) is 25.2 Å². The van der Waals surface area contributed by atoms with Crippen LogP contribution in [0.5, 0.6) is 5.75 Å². The van der Waals surface area contributed by atoms with Gasteiger partial charge in [-0.05, 0) is 58.6 Å². The predicted molar refractivity (Wildman–Crippen MR) is 141 cm³/mol. The van der Waals surface area contributed by atoms with Gasteiger partial charge in [-0.15, -0.1) is 0 Å². The molecule has 2 aromatic heterocycles. The number of anilines is 3. The average Bonchev–Trinajstić information content (AvgIpc) is 3.46. The number of likely N-dealkylation sites (tertiary alicyclic amines) is 1. The molecule has 3 fully saturated rings. The largest absolute Gasteiger partial charge is 0.489 e. The molecule has 4 heterocycles. The number of hydrogen-bond acceptors (Lipinski definition) is 9. The summed E-state index contributed by atoms with van der Waals surface area (Å²) >= 11 is 6.28. The molecule has 1 aromatic carbocycles. The normalized spacial score (nSPS) is 21.1. The fourth-order valence-electron chi connectivity index (χ4n) is 5.05. The molecule has 0 spiro atoms. The van der Waals surface area contributed by atoms with Crippen LogP contribution in [0.2, 0.25) is 5.02 Å². The minimum absolute atomic E-state index is 0.0238. The van der Waals surface area contributed by atoms with Crippen LogP contribution in [0.25, 0.3) is 11.0 Å². The number of carbonyl (C=O) groups excluding carboxylic acids is 1. The van der Waals surface area contributed by atoms with Crippen molar-refractivity contribution in [1.82, 2.24) is 24.8 Å². The summed E-state index contributed by atoms with van der Waals surface area (Å²) < 4.78 is 26.5. The number of nitrogens with one attached hydrogen (secondary N) is 1. The van der Waals surface area contributed by atoms with E-state index in [4.69, 9.17) is 26.1 Å². The van der Waals surface area contributed by atoms with Crippen LogP contribution < -0.4 is 15.0 Å². The molecule has 3 aliphatic rings. The second kappa shape index (κ2) is 9.37. The highest BCUT2D eigenvalue weighted by molar-refractivity contribution is 6.32. The molecular weight excluding hydrogens is 513 g/mol. The zero-order chi connectivity index (χ0) is 26.6. The van der Waals surface area contributed by atoms with Crippen molar-refractivity contribution < 1.29 is 18.7 Å². The summed E-state index contributed by atoms with van der Waals surface area (Å²) in [5.74, 6) is 0.556. The van der Waals surface area contributed by atoms with Crippen molar-refractivity contribution in [1.29, 1.82) is 0 Å². The third-order valence-corrected chi connectivity index (χ3v) is 7.49. The van der Waals surface area contributed by atoms with Crippen molar-refractivity contribution in [2.45, 2.75) is 70.2 Å². The van der Waals surface area contributed by atoms with Crippen molar-refractivity contribution in [2.24, 2.45) is 0 Å². The predicted octanol–water partition coefficient (Wildman–Crippen LogP) is 5.09. The number of hydrogen-bond donors (Lipinski definition) is 1. The zero-order valence-corrected chi connectivity index (χ0v) is 22.2. The van der Waals surface area contributed by atoms with Crippen LogP contribution >= 0.6 is 11.6 Å². The smallest absolute Gasteiger partial charge is 0.410 e. The van der Waals surface area contributed by atoms with E-state index >= 15 is 4.39 Å². The van der Waals surface area contributed by atoms with Crippen LogP contribution in [0.3, 0.4) is 0 Å². The average molecular weight is 542 g/mol. The lowest BCUT2D eigenvalue weighted by Gasteiger charge is -2.35. The molecule has 1 saturated carbocycles. The molecular formula is C26H29ClFN7O3. The number of carbonyl (C=O) groups is 1. The Morgan fingerprint density at radius 1 is 1.16 bits per heavy atom. The number of aromatic nitrogens is 4. The number of amides is 1. The lowest BCUT2D eigenvalue weighted by atomic mass is 9.96. The van der Waals surface area contributed by atoms with Gasteiger partial charge in [0, 0.05) is 13.1 Å². The molecule has 2 saturated heterocycles. The van der Waals surface area contributed by atoms with Crippen LogP contribution in [0.4, 0.5) is 26.6 Å². The van der Waals surface area contributed by atoms with Gasteiger partial charge in [-0.25, -0.2) is 29.1 Å². The number of halogens is 2. The van der Waals surface area contributed by atoms with Crippen molar-refractivity contribution in [3.8, 4) is 5.75 Å². The van der Waals surface area contributed by atoms with Crippen LogP contribution in [0.15, 0.2) is 24.7 Å². The Hall–Kier alpha value is -3.47. The lowest BCUT2D eigenvalue weighted by molar-refractivity contribution is 0.0214. The molecule has 1 amide bonds. The van der Waals surface area contributed by atoms with Crippen molar-refractivity contribution in [3.63, 3.8) is 0 Å². The van der Waals surface area contributed by atoms with Gasteiger partial charge in [0.25, 0.3) is 0 Å². The van der Waals surface area contributed by atoms with E-state index < -0.39 is 11.4 Å².